The number of fused-ring (bicyclic) bond motifs is 1. The molecule has 0 saturated carbocycles. The van der Waals surface area contributed by atoms with E-state index in [1.165, 1.54) is 74.4 Å². The van der Waals surface area contributed by atoms with Crippen LogP contribution in [0.5, 0.6) is 5.75 Å². The largest absolute Gasteiger partial charge is 0.475 e. The van der Waals surface area contributed by atoms with Gasteiger partial charge in [0, 0.05) is 31.1 Å². The molecule has 0 spiro atoms. The van der Waals surface area contributed by atoms with Crippen molar-refractivity contribution in [3.8, 4) is 5.75 Å². The summed E-state index contributed by atoms with van der Waals surface area (Å²) in [5, 5.41) is 4.41. The number of aromatic nitrogens is 1. The molecule has 200 valence electrons. The van der Waals surface area contributed by atoms with E-state index < -0.39 is 6.10 Å². The average molecular weight is 551 g/mol. The van der Waals surface area contributed by atoms with E-state index in [0.717, 1.165) is 19.5 Å². The van der Waals surface area contributed by atoms with E-state index in [2.05, 4.69) is 9.80 Å². The summed E-state index contributed by atoms with van der Waals surface area (Å²) in [5.41, 5.74) is 1.15. The number of hydrogen-bond acceptors (Lipinski definition) is 8. The van der Waals surface area contributed by atoms with Gasteiger partial charge in [0.1, 0.15) is 11.4 Å². The number of anilines is 1. The first-order valence-corrected chi connectivity index (χ1v) is 15.5. The van der Waals surface area contributed by atoms with Gasteiger partial charge in [-0.1, -0.05) is 24.6 Å². The Morgan fingerprint density at radius 3 is 2.71 bits per heavy atom. The second-order valence-electron chi connectivity index (χ2n) is 10.4. The Labute approximate surface area is 232 Å². The monoisotopic (exact) mass is 550 g/mol. The van der Waals surface area contributed by atoms with Crippen LogP contribution in [0.4, 0.5) is 5.13 Å². The van der Waals surface area contributed by atoms with Gasteiger partial charge >= 0.3 is 0 Å². The van der Waals surface area contributed by atoms with Crippen LogP contribution in [0, 0.1) is 0 Å². The number of rotatable bonds is 9. The zero-order chi connectivity index (χ0) is 25.9. The van der Waals surface area contributed by atoms with Gasteiger partial charge in [0.15, 0.2) is 5.13 Å². The molecular weight excluding hydrogens is 516 g/mol. The smallest absolute Gasteiger partial charge is 0.270 e. The van der Waals surface area contributed by atoms with Gasteiger partial charge in [-0.25, -0.2) is 4.98 Å². The number of amides is 1. The van der Waals surface area contributed by atoms with Gasteiger partial charge in [-0.3, -0.25) is 19.4 Å². The fourth-order valence-electron chi connectivity index (χ4n) is 5.88. The Morgan fingerprint density at radius 2 is 1.89 bits per heavy atom. The Balaban J connectivity index is 1.15. The van der Waals surface area contributed by atoms with Crippen LogP contribution in [0.15, 0.2) is 47.2 Å². The van der Waals surface area contributed by atoms with Crippen molar-refractivity contribution in [2.45, 2.75) is 50.7 Å². The first-order chi connectivity index (χ1) is 18.7. The summed E-state index contributed by atoms with van der Waals surface area (Å²) in [6.07, 6.45) is 6.61. The number of hydrogen-bond donors (Lipinski definition) is 0. The number of piperidine rings is 1. The minimum absolute atomic E-state index is 0.0323. The number of thiazole rings is 1. The third-order valence-electron chi connectivity index (χ3n) is 7.87. The van der Waals surface area contributed by atoms with E-state index in [0.29, 0.717) is 39.6 Å². The maximum Gasteiger partial charge on any atom is 0.270 e. The van der Waals surface area contributed by atoms with Gasteiger partial charge in [0.25, 0.3) is 5.91 Å². The third kappa shape index (κ3) is 5.43. The zero-order valence-electron chi connectivity index (χ0n) is 21.6. The molecule has 0 aliphatic carbocycles. The highest BCUT2D eigenvalue weighted by atomic mass is 32.1. The van der Waals surface area contributed by atoms with Gasteiger partial charge in [-0.15, -0.1) is 22.7 Å². The van der Waals surface area contributed by atoms with Crippen LogP contribution in [0.3, 0.4) is 0 Å². The lowest BCUT2D eigenvalue weighted by Gasteiger charge is -2.38. The van der Waals surface area contributed by atoms with Crippen LogP contribution < -0.4 is 9.64 Å². The molecule has 38 heavy (non-hydrogen) atoms. The van der Waals surface area contributed by atoms with Crippen molar-refractivity contribution in [2.75, 3.05) is 44.2 Å². The Morgan fingerprint density at radius 1 is 1.05 bits per heavy atom. The average Bonchev–Trinajstić information content (AvgIpc) is 3.76. The fourth-order valence-corrected chi connectivity index (χ4v) is 7.42. The van der Waals surface area contributed by atoms with Gasteiger partial charge in [0.05, 0.1) is 10.4 Å². The summed E-state index contributed by atoms with van der Waals surface area (Å²) in [6, 6.07) is 11.7. The van der Waals surface area contributed by atoms with E-state index in [1.807, 2.05) is 41.1 Å². The Kier molecular flexibility index (Phi) is 7.87. The number of benzene rings is 1. The van der Waals surface area contributed by atoms with E-state index in [1.54, 1.807) is 11.0 Å². The van der Waals surface area contributed by atoms with E-state index >= 15 is 0 Å². The van der Waals surface area contributed by atoms with Crippen LogP contribution in [-0.4, -0.2) is 71.8 Å². The van der Waals surface area contributed by atoms with Crippen molar-refractivity contribution < 1.29 is 14.3 Å². The number of carbonyl (C=O) groups excluding carboxylic acids is 2. The molecule has 1 aromatic carbocycles. The minimum atomic E-state index is -0.754. The molecule has 2 fully saturated rings. The number of likely N-dealkylation sites (tertiary alicyclic amines) is 2. The van der Waals surface area contributed by atoms with Crippen molar-refractivity contribution in [2.24, 2.45) is 0 Å². The maximum atomic E-state index is 13.5. The molecule has 3 aromatic rings. The molecule has 2 atom stereocenters. The first kappa shape index (κ1) is 25.7. The lowest BCUT2D eigenvalue weighted by molar-refractivity contribution is 0.0854. The number of carbonyl (C=O) groups is 2. The number of thiophene rings is 1. The topological polar surface area (TPSA) is 66.0 Å². The summed E-state index contributed by atoms with van der Waals surface area (Å²) in [5.74, 6) is 0.478. The SMILES string of the molecule is O=C1c2ccccc2OC1c1csc(N(CCCN2CCCCC2CN2CCCC2)C(=O)c2cccs2)n1. The highest BCUT2D eigenvalue weighted by Crippen LogP contribution is 2.38. The van der Waals surface area contributed by atoms with Crippen molar-refractivity contribution in [3.63, 3.8) is 0 Å². The van der Waals surface area contributed by atoms with E-state index in [9.17, 15) is 9.59 Å². The molecule has 2 aromatic heterocycles. The Bertz CT molecular complexity index is 1250. The van der Waals surface area contributed by atoms with Crippen LogP contribution >= 0.6 is 22.7 Å². The third-order valence-corrected chi connectivity index (χ3v) is 9.61. The lowest BCUT2D eigenvalue weighted by atomic mass is 10.0. The molecule has 0 radical (unpaired) electrons. The molecule has 2 unspecified atom stereocenters. The van der Waals surface area contributed by atoms with Crippen LogP contribution in [0.2, 0.25) is 0 Å². The Hall–Kier alpha value is -2.59. The molecule has 9 heteroatoms. The first-order valence-electron chi connectivity index (χ1n) is 13.7. The van der Waals surface area contributed by atoms with E-state index in [-0.39, 0.29) is 11.7 Å². The molecule has 3 aliphatic rings. The standard InChI is InChI=1S/C29H34N4O3S2/c34-26-22-10-1-2-11-24(22)36-27(26)23-20-38-29(30-23)33(28(35)25-12-7-18-37-25)17-8-16-32-15-4-3-9-21(32)19-31-13-5-6-14-31/h1-2,7,10-12,18,20-21,27H,3-6,8-9,13-17,19H2. The van der Waals surface area contributed by atoms with Crippen LogP contribution in [-0.2, 0) is 0 Å². The van der Waals surface area contributed by atoms with Crippen molar-refractivity contribution in [3.05, 3.63) is 63.3 Å². The van der Waals surface area contributed by atoms with Crippen molar-refractivity contribution in [1.82, 2.24) is 14.8 Å². The van der Waals surface area contributed by atoms with E-state index in [4.69, 9.17) is 9.72 Å². The predicted octanol–water partition coefficient (Wildman–Crippen LogP) is 5.51. The van der Waals surface area contributed by atoms with Gasteiger partial charge in [-0.05, 0) is 75.3 Å². The summed E-state index contributed by atoms with van der Waals surface area (Å²) >= 11 is 2.85. The van der Waals surface area contributed by atoms with Crippen LogP contribution in [0.25, 0.3) is 0 Å². The molecule has 5 heterocycles. The summed E-state index contributed by atoms with van der Waals surface area (Å²) in [7, 11) is 0. The van der Waals surface area contributed by atoms with Crippen molar-refractivity contribution >= 4 is 39.5 Å². The second-order valence-corrected chi connectivity index (χ2v) is 12.2. The highest BCUT2D eigenvalue weighted by Gasteiger charge is 2.36. The lowest BCUT2D eigenvalue weighted by Crippen LogP contribution is -2.47. The van der Waals surface area contributed by atoms with Gasteiger partial charge in [-0.2, -0.15) is 0 Å². The fraction of sp³-hybridized carbons (Fsp3) is 0.483. The molecule has 2 saturated heterocycles. The highest BCUT2D eigenvalue weighted by molar-refractivity contribution is 7.14. The van der Waals surface area contributed by atoms with Gasteiger partial charge < -0.3 is 9.64 Å². The number of Topliss-reactive ketones (excluding diaryl/α,β-unsaturated/α-hetero) is 1. The molecule has 1 amide bonds. The number of para-hydroxylation sites is 1. The molecule has 0 bridgehead atoms. The van der Waals surface area contributed by atoms with Crippen LogP contribution in [0.1, 0.15) is 70.4 Å². The quantitative estimate of drug-likeness (QED) is 0.350. The second kappa shape index (κ2) is 11.7. The predicted molar refractivity (Wildman–Crippen MR) is 152 cm³/mol. The minimum Gasteiger partial charge on any atom is -0.475 e. The molecular formula is C29H34N4O3S2. The summed E-state index contributed by atoms with van der Waals surface area (Å²) in [6.45, 7) is 6.35. The van der Waals surface area contributed by atoms with Crippen molar-refractivity contribution in [1.29, 1.82) is 0 Å². The molecule has 3 aliphatic heterocycles. The number of ether oxygens (including phenoxy) is 1. The molecule has 0 N–H and O–H groups in total. The normalized spacial score (nSPS) is 21.9. The molecule has 6 rings (SSSR count). The summed E-state index contributed by atoms with van der Waals surface area (Å²) < 4.78 is 5.94. The number of nitrogens with zero attached hydrogens (tertiary/aromatic N) is 4. The molecule has 7 nitrogen and oxygen atoms in total. The maximum absolute atomic E-state index is 13.5. The number of ketones is 1. The van der Waals surface area contributed by atoms with Gasteiger partial charge in [0.2, 0.25) is 11.9 Å². The summed E-state index contributed by atoms with van der Waals surface area (Å²) in [4.78, 5) is 39.0. The zero-order valence-corrected chi connectivity index (χ0v) is 23.2.